The van der Waals surface area contributed by atoms with E-state index in [0.29, 0.717) is 24.2 Å². The maximum Gasteiger partial charge on any atom is 0.345 e. The first kappa shape index (κ1) is 10.9. The summed E-state index contributed by atoms with van der Waals surface area (Å²) < 4.78 is 0. The average Bonchev–Trinajstić information content (AvgIpc) is 2.65. The number of aliphatic carboxylic acids is 1. The Morgan fingerprint density at radius 2 is 2.12 bits per heavy atom. The summed E-state index contributed by atoms with van der Waals surface area (Å²) in [6.45, 7) is 1.73. The number of carboxylic acid groups (broad SMARTS) is 1. The molecule has 0 atom stereocenters. The average molecular weight is 222 g/mol. The molecule has 2 rings (SSSR count). The first-order chi connectivity index (χ1) is 7.54. The topological polar surface area (TPSA) is 83.0 Å². The molecule has 0 aliphatic heterocycles. The molecule has 2 N–H and O–H groups in total. The first-order valence-corrected chi connectivity index (χ1v) is 5.36. The van der Waals surface area contributed by atoms with Crippen molar-refractivity contribution in [2.75, 3.05) is 0 Å². The highest BCUT2D eigenvalue weighted by Crippen LogP contribution is 2.40. The molecule has 16 heavy (non-hydrogen) atoms. The molecular formula is C11H14N2O3. The minimum absolute atomic E-state index is 0.402. The molecule has 0 unspecified atom stereocenters. The zero-order valence-electron chi connectivity index (χ0n) is 9.12. The van der Waals surface area contributed by atoms with E-state index >= 15 is 0 Å². The van der Waals surface area contributed by atoms with E-state index in [4.69, 9.17) is 0 Å². The van der Waals surface area contributed by atoms with Crippen molar-refractivity contribution in [3.63, 3.8) is 0 Å². The summed E-state index contributed by atoms with van der Waals surface area (Å²) in [5.74, 6) is -0.873. The minimum Gasteiger partial charge on any atom is -0.481 e. The summed E-state index contributed by atoms with van der Waals surface area (Å²) in [5.41, 5.74) is -0.359. The second kappa shape index (κ2) is 3.73. The van der Waals surface area contributed by atoms with Gasteiger partial charge in [-0.15, -0.1) is 0 Å². The van der Waals surface area contributed by atoms with Gasteiger partial charge >= 0.3 is 11.7 Å². The molecule has 1 fully saturated rings. The van der Waals surface area contributed by atoms with E-state index in [-0.39, 0.29) is 0 Å². The highest BCUT2D eigenvalue weighted by atomic mass is 16.4. The van der Waals surface area contributed by atoms with Gasteiger partial charge in [0.05, 0.1) is 5.69 Å². The molecule has 5 heteroatoms. The van der Waals surface area contributed by atoms with Crippen molar-refractivity contribution in [2.24, 2.45) is 0 Å². The predicted molar refractivity (Wildman–Crippen MR) is 57.4 cm³/mol. The number of H-pyrrole nitrogens is 1. The third-order valence-electron chi connectivity index (χ3n) is 3.24. The summed E-state index contributed by atoms with van der Waals surface area (Å²) in [7, 11) is 0. The number of carbonyl (C=O) groups is 1. The van der Waals surface area contributed by atoms with E-state index in [1.165, 1.54) is 0 Å². The number of nitrogens with zero attached hydrogens (tertiary/aromatic N) is 1. The molecule has 1 heterocycles. The number of nitrogens with one attached hydrogen (secondary N) is 1. The third kappa shape index (κ3) is 1.62. The van der Waals surface area contributed by atoms with Gasteiger partial charge in [0.1, 0.15) is 5.41 Å². The van der Waals surface area contributed by atoms with E-state index in [1.807, 2.05) is 0 Å². The molecule has 1 aliphatic carbocycles. The van der Waals surface area contributed by atoms with Crippen molar-refractivity contribution in [2.45, 2.75) is 38.0 Å². The zero-order valence-corrected chi connectivity index (χ0v) is 9.12. The second-order valence-corrected chi connectivity index (χ2v) is 4.35. The predicted octanol–water partition coefficient (Wildman–Crippen LogP) is 0.975. The Morgan fingerprint density at radius 3 is 2.62 bits per heavy atom. The minimum atomic E-state index is -0.945. The van der Waals surface area contributed by atoms with E-state index in [1.54, 1.807) is 13.0 Å². The Bertz CT molecular complexity index is 472. The molecule has 1 aliphatic rings. The Morgan fingerprint density at radius 1 is 1.50 bits per heavy atom. The van der Waals surface area contributed by atoms with Gasteiger partial charge in [0, 0.05) is 5.69 Å². The van der Waals surface area contributed by atoms with Crippen LogP contribution in [-0.4, -0.2) is 21.0 Å². The quantitative estimate of drug-likeness (QED) is 0.781. The highest BCUT2D eigenvalue weighted by Gasteiger charge is 2.44. The number of aromatic nitrogens is 2. The van der Waals surface area contributed by atoms with Gasteiger partial charge in [-0.3, -0.25) is 4.79 Å². The molecule has 0 bridgehead atoms. The third-order valence-corrected chi connectivity index (χ3v) is 3.24. The number of hydrogen-bond acceptors (Lipinski definition) is 3. The van der Waals surface area contributed by atoms with Gasteiger partial charge in [-0.2, -0.15) is 4.98 Å². The molecule has 1 aromatic heterocycles. The normalized spacial score (nSPS) is 18.6. The van der Waals surface area contributed by atoms with Crippen LogP contribution in [0.25, 0.3) is 0 Å². The summed E-state index contributed by atoms with van der Waals surface area (Å²) in [5, 5.41) is 9.35. The number of aromatic amines is 1. The molecule has 0 aromatic carbocycles. The van der Waals surface area contributed by atoms with Gasteiger partial charge in [0.2, 0.25) is 0 Å². The Hall–Kier alpha value is -1.65. The second-order valence-electron chi connectivity index (χ2n) is 4.35. The standard InChI is InChI=1S/C11H14N2O3/c1-7-6-8(13-10(16)12-7)11(9(14)15)4-2-3-5-11/h6H,2-5H2,1H3,(H,14,15)(H,12,13,16). The lowest BCUT2D eigenvalue weighted by molar-refractivity contribution is -0.143. The van der Waals surface area contributed by atoms with Gasteiger partial charge in [0.25, 0.3) is 0 Å². The van der Waals surface area contributed by atoms with Crippen LogP contribution in [0, 0.1) is 6.92 Å². The number of hydrogen-bond donors (Lipinski definition) is 2. The fourth-order valence-electron chi connectivity index (χ4n) is 2.38. The summed E-state index contributed by atoms with van der Waals surface area (Å²) in [6.07, 6.45) is 2.89. The first-order valence-electron chi connectivity index (χ1n) is 5.36. The Kier molecular flexibility index (Phi) is 2.53. The molecule has 0 saturated heterocycles. The van der Waals surface area contributed by atoms with Gasteiger partial charge < -0.3 is 10.1 Å². The SMILES string of the molecule is Cc1cc(C2(C(=O)O)CCCC2)nc(=O)[nH]1. The molecule has 0 spiro atoms. The van der Waals surface area contributed by atoms with E-state index in [9.17, 15) is 14.7 Å². The monoisotopic (exact) mass is 222 g/mol. The fraction of sp³-hybridized carbons (Fsp3) is 0.545. The van der Waals surface area contributed by atoms with Crippen molar-refractivity contribution < 1.29 is 9.90 Å². The van der Waals surface area contributed by atoms with E-state index < -0.39 is 17.1 Å². The molecular weight excluding hydrogens is 208 g/mol. The lowest BCUT2D eigenvalue weighted by Crippen LogP contribution is -2.35. The van der Waals surface area contributed by atoms with Crippen LogP contribution in [0.1, 0.15) is 37.1 Å². The van der Waals surface area contributed by atoms with E-state index in [0.717, 1.165) is 12.8 Å². The molecule has 0 amide bonds. The lowest BCUT2D eigenvalue weighted by atomic mass is 9.82. The summed E-state index contributed by atoms with van der Waals surface area (Å²) >= 11 is 0. The van der Waals surface area contributed by atoms with Crippen LogP contribution in [-0.2, 0) is 10.2 Å². The smallest absolute Gasteiger partial charge is 0.345 e. The molecule has 1 saturated carbocycles. The van der Waals surface area contributed by atoms with Crippen LogP contribution in [0.15, 0.2) is 10.9 Å². The molecule has 0 radical (unpaired) electrons. The van der Waals surface area contributed by atoms with Gasteiger partial charge in [-0.25, -0.2) is 4.79 Å². The number of rotatable bonds is 2. The number of carboxylic acids is 1. The highest BCUT2D eigenvalue weighted by molar-refractivity contribution is 5.81. The summed E-state index contributed by atoms with van der Waals surface area (Å²) in [6, 6.07) is 1.67. The largest absolute Gasteiger partial charge is 0.481 e. The van der Waals surface area contributed by atoms with Crippen LogP contribution in [0.4, 0.5) is 0 Å². The van der Waals surface area contributed by atoms with Crippen molar-refractivity contribution in [1.82, 2.24) is 9.97 Å². The lowest BCUT2D eigenvalue weighted by Gasteiger charge is -2.22. The van der Waals surface area contributed by atoms with Gasteiger partial charge in [0.15, 0.2) is 0 Å². The van der Waals surface area contributed by atoms with Crippen LogP contribution >= 0.6 is 0 Å². The van der Waals surface area contributed by atoms with Gasteiger partial charge in [-0.05, 0) is 25.8 Å². The van der Waals surface area contributed by atoms with Crippen LogP contribution in [0.2, 0.25) is 0 Å². The van der Waals surface area contributed by atoms with Crippen LogP contribution in [0.3, 0.4) is 0 Å². The van der Waals surface area contributed by atoms with Crippen molar-refractivity contribution in [3.05, 3.63) is 27.9 Å². The zero-order chi connectivity index (χ0) is 11.8. The van der Waals surface area contributed by atoms with Crippen LogP contribution < -0.4 is 5.69 Å². The van der Waals surface area contributed by atoms with Gasteiger partial charge in [-0.1, -0.05) is 12.8 Å². The van der Waals surface area contributed by atoms with Crippen LogP contribution in [0.5, 0.6) is 0 Å². The van der Waals surface area contributed by atoms with Crippen molar-refractivity contribution >= 4 is 5.97 Å². The Balaban J connectivity index is 2.55. The maximum atomic E-state index is 11.4. The number of aryl methyl sites for hydroxylation is 1. The fourth-order valence-corrected chi connectivity index (χ4v) is 2.38. The molecule has 86 valence electrons. The maximum absolute atomic E-state index is 11.4. The van der Waals surface area contributed by atoms with Crippen molar-refractivity contribution in [1.29, 1.82) is 0 Å². The Labute approximate surface area is 92.5 Å². The van der Waals surface area contributed by atoms with E-state index in [2.05, 4.69) is 9.97 Å². The molecule has 5 nitrogen and oxygen atoms in total. The molecule has 1 aromatic rings. The van der Waals surface area contributed by atoms with Crippen molar-refractivity contribution in [3.8, 4) is 0 Å². The summed E-state index contributed by atoms with van der Waals surface area (Å²) in [4.78, 5) is 29.0.